The zero-order valence-corrected chi connectivity index (χ0v) is 23.4. The van der Waals surface area contributed by atoms with Crippen LogP contribution in [0.15, 0.2) is 18.3 Å². The number of aromatic nitrogens is 2. The lowest BCUT2D eigenvalue weighted by Gasteiger charge is -2.50. The predicted octanol–water partition coefficient (Wildman–Crippen LogP) is 4.87. The highest BCUT2D eigenvalue weighted by Crippen LogP contribution is 2.33. The summed E-state index contributed by atoms with van der Waals surface area (Å²) in [5, 5.41) is 1.27. The lowest BCUT2D eigenvalue weighted by molar-refractivity contribution is -0.131. The molecular formula is C26H36ClN5O5. The normalized spacial score (nSPS) is 18.3. The predicted molar refractivity (Wildman–Crippen MR) is 143 cm³/mol. The Morgan fingerprint density at radius 1 is 1.00 bits per heavy atom. The Hall–Kier alpha value is -2.69. The van der Waals surface area contributed by atoms with Gasteiger partial charge in [0.25, 0.3) is 0 Å². The molecule has 0 N–H and O–H groups in total. The van der Waals surface area contributed by atoms with Crippen LogP contribution in [0.2, 0.25) is 5.02 Å². The minimum Gasteiger partial charge on any atom is -0.443 e. The summed E-state index contributed by atoms with van der Waals surface area (Å²) in [6.45, 7) is 17.4. The fourth-order valence-electron chi connectivity index (χ4n) is 4.30. The van der Waals surface area contributed by atoms with Gasteiger partial charge in [0.15, 0.2) is 0 Å². The van der Waals surface area contributed by atoms with E-state index in [0.29, 0.717) is 15.9 Å². The van der Waals surface area contributed by atoms with E-state index in [1.807, 2.05) is 6.07 Å². The van der Waals surface area contributed by atoms with Gasteiger partial charge in [0.05, 0.1) is 35.0 Å². The van der Waals surface area contributed by atoms with Gasteiger partial charge in [0.2, 0.25) is 5.95 Å². The molecule has 0 bridgehead atoms. The first kappa shape index (κ1) is 27.3. The van der Waals surface area contributed by atoms with E-state index in [0.717, 1.165) is 50.0 Å². The van der Waals surface area contributed by atoms with E-state index in [1.54, 1.807) is 47.6 Å². The lowest BCUT2D eigenvalue weighted by Crippen LogP contribution is -2.64. The molecule has 2 aliphatic rings. The number of hydrogen-bond donors (Lipinski definition) is 0. The summed E-state index contributed by atoms with van der Waals surface area (Å²) in [5.41, 5.74) is -0.175. The minimum absolute atomic E-state index is 0.105. The van der Waals surface area contributed by atoms with Gasteiger partial charge < -0.3 is 19.1 Å². The van der Waals surface area contributed by atoms with Crippen LogP contribution in [-0.2, 0) is 14.2 Å². The molecule has 3 heterocycles. The molecular weight excluding hydrogens is 498 g/mol. The highest BCUT2D eigenvalue weighted by atomic mass is 35.5. The second kappa shape index (κ2) is 9.89. The van der Waals surface area contributed by atoms with Crippen molar-refractivity contribution in [2.24, 2.45) is 0 Å². The first-order valence-corrected chi connectivity index (χ1v) is 12.8. The van der Waals surface area contributed by atoms with Gasteiger partial charge in [-0.15, -0.1) is 4.90 Å². The standard InChI is InChI=1S/C26H36ClN5O5/c1-24(2,3)36-22(33)32(23(34)37-25(4,5)6)21-28-14-17-12-18(27)20(13-19(17)29-21)30-8-10-31(11-9-30)26(7)15-35-16-26/h12-14H,8-11,15-16H2,1-7H3. The first-order valence-electron chi connectivity index (χ1n) is 12.5. The Kier molecular flexibility index (Phi) is 7.31. The summed E-state index contributed by atoms with van der Waals surface area (Å²) in [6, 6.07) is 3.67. The molecule has 2 aliphatic heterocycles. The second-order valence-electron chi connectivity index (χ2n) is 11.8. The van der Waals surface area contributed by atoms with Gasteiger partial charge in [-0.1, -0.05) is 11.6 Å². The first-order chi connectivity index (χ1) is 17.2. The molecule has 1 aromatic carbocycles. The topological polar surface area (TPSA) is 97.3 Å². The number of hydrogen-bond acceptors (Lipinski definition) is 9. The average molecular weight is 534 g/mol. The van der Waals surface area contributed by atoms with Crippen molar-refractivity contribution in [3.05, 3.63) is 23.4 Å². The van der Waals surface area contributed by atoms with Crippen LogP contribution in [0.4, 0.5) is 21.2 Å². The molecule has 0 spiro atoms. The van der Waals surface area contributed by atoms with Crippen LogP contribution >= 0.6 is 11.6 Å². The van der Waals surface area contributed by atoms with Crippen molar-refractivity contribution in [3.63, 3.8) is 0 Å². The van der Waals surface area contributed by atoms with E-state index in [2.05, 4.69) is 26.7 Å². The Labute approximate surface area is 222 Å². The molecule has 202 valence electrons. The summed E-state index contributed by atoms with van der Waals surface area (Å²) in [4.78, 5) is 40.3. The van der Waals surface area contributed by atoms with Crippen LogP contribution in [0, 0.1) is 0 Å². The van der Waals surface area contributed by atoms with Gasteiger partial charge in [0.1, 0.15) is 11.2 Å². The molecule has 4 rings (SSSR count). The maximum atomic E-state index is 13.0. The number of carbonyl (C=O) groups is 2. The minimum atomic E-state index is -0.917. The Morgan fingerprint density at radius 3 is 2.05 bits per heavy atom. The van der Waals surface area contributed by atoms with Gasteiger partial charge in [-0.3, -0.25) is 4.90 Å². The number of halogens is 1. The quantitative estimate of drug-likeness (QED) is 0.547. The number of amides is 2. The maximum Gasteiger partial charge on any atom is 0.427 e. The molecule has 0 radical (unpaired) electrons. The third kappa shape index (κ3) is 6.25. The third-order valence-corrected chi connectivity index (χ3v) is 6.50. The number of imide groups is 1. The number of ether oxygens (including phenoxy) is 3. The Morgan fingerprint density at radius 2 is 1.57 bits per heavy atom. The van der Waals surface area contributed by atoms with Crippen molar-refractivity contribution in [3.8, 4) is 0 Å². The summed E-state index contributed by atoms with van der Waals surface area (Å²) in [5.74, 6) is -0.132. The molecule has 2 aromatic rings. The summed E-state index contributed by atoms with van der Waals surface area (Å²) in [7, 11) is 0. The largest absolute Gasteiger partial charge is 0.443 e. The monoisotopic (exact) mass is 533 g/mol. The second-order valence-corrected chi connectivity index (χ2v) is 12.2. The van der Waals surface area contributed by atoms with E-state index in [-0.39, 0.29) is 11.5 Å². The molecule has 0 atom stereocenters. The smallest absolute Gasteiger partial charge is 0.427 e. The van der Waals surface area contributed by atoms with Gasteiger partial charge in [-0.25, -0.2) is 19.6 Å². The van der Waals surface area contributed by atoms with E-state index < -0.39 is 23.4 Å². The molecule has 2 amide bonds. The molecule has 11 heteroatoms. The molecule has 2 saturated heterocycles. The fourth-order valence-corrected chi connectivity index (χ4v) is 4.59. The van der Waals surface area contributed by atoms with Crippen molar-refractivity contribution in [1.82, 2.24) is 14.9 Å². The van der Waals surface area contributed by atoms with Crippen LogP contribution in [0.25, 0.3) is 10.9 Å². The van der Waals surface area contributed by atoms with Gasteiger partial charge >= 0.3 is 12.2 Å². The highest BCUT2D eigenvalue weighted by Gasteiger charge is 2.41. The van der Waals surface area contributed by atoms with E-state index in [9.17, 15) is 9.59 Å². The van der Waals surface area contributed by atoms with Gasteiger partial charge in [-0.05, 0) is 60.6 Å². The van der Waals surface area contributed by atoms with E-state index in [1.165, 1.54) is 6.20 Å². The molecule has 10 nitrogen and oxygen atoms in total. The zero-order valence-electron chi connectivity index (χ0n) is 22.6. The fraction of sp³-hybridized carbons (Fsp3) is 0.615. The van der Waals surface area contributed by atoms with Crippen LogP contribution in [-0.4, -0.2) is 83.2 Å². The number of benzene rings is 1. The zero-order chi connectivity index (χ0) is 27.2. The summed E-state index contributed by atoms with van der Waals surface area (Å²) < 4.78 is 16.3. The number of piperazine rings is 1. The van der Waals surface area contributed by atoms with Crippen molar-refractivity contribution < 1.29 is 23.8 Å². The number of nitrogens with zero attached hydrogens (tertiary/aromatic N) is 5. The lowest BCUT2D eigenvalue weighted by atomic mass is 9.97. The van der Waals surface area contributed by atoms with Crippen molar-refractivity contribution in [2.45, 2.75) is 65.2 Å². The SMILES string of the molecule is CC(C)(C)OC(=O)N(C(=O)OC(C)(C)C)c1ncc2cc(Cl)c(N3CCN(C4(C)COC4)CC3)cc2n1. The number of fused-ring (bicyclic) bond motifs is 1. The van der Waals surface area contributed by atoms with Crippen LogP contribution in [0.1, 0.15) is 48.5 Å². The average Bonchev–Trinajstić information content (AvgIpc) is 2.75. The number of carbonyl (C=O) groups excluding carboxylic acids is 2. The molecule has 2 fully saturated rings. The molecule has 0 saturated carbocycles. The summed E-state index contributed by atoms with van der Waals surface area (Å²) in [6.07, 6.45) is -0.301. The number of rotatable bonds is 3. The third-order valence-electron chi connectivity index (χ3n) is 6.20. The number of anilines is 2. The van der Waals surface area contributed by atoms with E-state index >= 15 is 0 Å². The highest BCUT2D eigenvalue weighted by molar-refractivity contribution is 6.34. The molecule has 1 aromatic heterocycles. The van der Waals surface area contributed by atoms with Gasteiger partial charge in [0, 0.05) is 37.8 Å². The Balaban J connectivity index is 1.63. The molecule has 0 aliphatic carbocycles. The van der Waals surface area contributed by atoms with Crippen LogP contribution in [0.3, 0.4) is 0 Å². The van der Waals surface area contributed by atoms with Crippen LogP contribution in [0.5, 0.6) is 0 Å². The van der Waals surface area contributed by atoms with Crippen molar-refractivity contribution in [2.75, 3.05) is 49.2 Å². The maximum absolute atomic E-state index is 13.0. The van der Waals surface area contributed by atoms with Crippen LogP contribution < -0.4 is 9.80 Å². The van der Waals surface area contributed by atoms with Crippen molar-refractivity contribution in [1.29, 1.82) is 0 Å². The van der Waals surface area contributed by atoms with Crippen molar-refractivity contribution >= 4 is 46.3 Å². The van der Waals surface area contributed by atoms with Gasteiger partial charge in [-0.2, -0.15) is 0 Å². The summed E-state index contributed by atoms with van der Waals surface area (Å²) >= 11 is 6.66. The molecule has 0 unspecified atom stereocenters. The Bertz CT molecular complexity index is 1150. The molecule has 37 heavy (non-hydrogen) atoms. The van der Waals surface area contributed by atoms with E-state index in [4.69, 9.17) is 25.8 Å².